The Labute approximate surface area is 101 Å². The Kier molecular flexibility index (Phi) is 3.86. The number of fused-ring (bicyclic) bond motifs is 1. The quantitative estimate of drug-likeness (QED) is 0.590. The lowest BCUT2D eigenvalue weighted by Crippen LogP contribution is -1.87. The maximum absolute atomic E-state index is 11.5. The van der Waals surface area contributed by atoms with E-state index in [0.29, 0.717) is 5.75 Å². The Morgan fingerprint density at radius 3 is 2.76 bits per heavy atom. The van der Waals surface area contributed by atoms with Crippen LogP contribution in [0.15, 0.2) is 55.1 Å². The van der Waals surface area contributed by atoms with E-state index >= 15 is 0 Å². The van der Waals surface area contributed by atoms with E-state index in [-0.39, 0.29) is 6.61 Å². The molecule has 0 aromatic heterocycles. The highest BCUT2D eigenvalue weighted by molar-refractivity contribution is 7.33. The average Bonchev–Trinajstić information content (AvgIpc) is 2.37. The monoisotopic (exact) mass is 247 g/mol. The standard InChI is InChI=1S/C13H12O3P/c1-2-10-15-17(14)16-13-9-5-7-11-6-3-4-8-12(11)13/h2-9H,1,10H2/q+1. The molecule has 3 nitrogen and oxygen atoms in total. The lowest BCUT2D eigenvalue weighted by atomic mass is 10.1. The zero-order valence-electron chi connectivity index (χ0n) is 9.20. The fourth-order valence-corrected chi connectivity index (χ4v) is 2.10. The molecule has 0 saturated heterocycles. The van der Waals surface area contributed by atoms with Crippen LogP contribution in [0.2, 0.25) is 0 Å². The third-order valence-electron chi connectivity index (χ3n) is 2.22. The molecule has 17 heavy (non-hydrogen) atoms. The van der Waals surface area contributed by atoms with Crippen LogP contribution < -0.4 is 4.52 Å². The van der Waals surface area contributed by atoms with E-state index in [1.54, 1.807) is 6.07 Å². The molecular formula is C13H12O3P+. The van der Waals surface area contributed by atoms with E-state index in [0.717, 1.165) is 10.8 Å². The molecule has 0 spiro atoms. The van der Waals surface area contributed by atoms with Crippen molar-refractivity contribution in [2.24, 2.45) is 0 Å². The van der Waals surface area contributed by atoms with Crippen molar-refractivity contribution in [2.45, 2.75) is 0 Å². The summed E-state index contributed by atoms with van der Waals surface area (Å²) in [6, 6.07) is 13.3. The van der Waals surface area contributed by atoms with E-state index in [1.807, 2.05) is 36.4 Å². The highest BCUT2D eigenvalue weighted by Gasteiger charge is 2.22. The molecule has 2 rings (SSSR count). The van der Waals surface area contributed by atoms with Gasteiger partial charge in [-0.2, -0.15) is 0 Å². The highest BCUT2D eigenvalue weighted by atomic mass is 31.1. The zero-order chi connectivity index (χ0) is 12.1. The largest absolute Gasteiger partial charge is 0.750 e. The van der Waals surface area contributed by atoms with Crippen LogP contribution in [0.25, 0.3) is 10.8 Å². The predicted molar refractivity (Wildman–Crippen MR) is 68.3 cm³/mol. The van der Waals surface area contributed by atoms with Crippen LogP contribution in [0, 0.1) is 0 Å². The van der Waals surface area contributed by atoms with Gasteiger partial charge in [0, 0.05) is 9.95 Å². The number of hydrogen-bond donors (Lipinski definition) is 0. The van der Waals surface area contributed by atoms with E-state index in [4.69, 9.17) is 9.05 Å². The van der Waals surface area contributed by atoms with Crippen molar-refractivity contribution in [3.63, 3.8) is 0 Å². The summed E-state index contributed by atoms with van der Waals surface area (Å²) in [4.78, 5) is 0. The van der Waals surface area contributed by atoms with Gasteiger partial charge in [0.05, 0.1) is 0 Å². The number of rotatable bonds is 5. The van der Waals surface area contributed by atoms with Gasteiger partial charge in [0.1, 0.15) is 6.61 Å². The fourth-order valence-electron chi connectivity index (χ4n) is 1.50. The molecule has 0 aliphatic heterocycles. The van der Waals surface area contributed by atoms with E-state index in [9.17, 15) is 4.57 Å². The minimum Gasteiger partial charge on any atom is -0.229 e. The second-order valence-corrected chi connectivity index (χ2v) is 4.26. The van der Waals surface area contributed by atoms with Crippen molar-refractivity contribution < 1.29 is 13.6 Å². The molecule has 2 aromatic rings. The maximum atomic E-state index is 11.5. The Bertz CT molecular complexity index is 546. The van der Waals surface area contributed by atoms with Gasteiger partial charge in [-0.25, -0.2) is 4.52 Å². The molecule has 1 atom stereocenters. The van der Waals surface area contributed by atoms with Gasteiger partial charge in [0.15, 0.2) is 5.75 Å². The van der Waals surface area contributed by atoms with Gasteiger partial charge in [0.25, 0.3) is 0 Å². The Morgan fingerprint density at radius 2 is 1.94 bits per heavy atom. The van der Waals surface area contributed by atoms with Gasteiger partial charge in [-0.05, 0) is 11.5 Å². The molecule has 0 heterocycles. The average molecular weight is 247 g/mol. The first-order chi connectivity index (χ1) is 8.31. The summed E-state index contributed by atoms with van der Waals surface area (Å²) in [5.41, 5.74) is 0. The molecule has 0 saturated carbocycles. The van der Waals surface area contributed by atoms with E-state index < -0.39 is 8.25 Å². The summed E-state index contributed by atoms with van der Waals surface area (Å²) in [6.45, 7) is 3.69. The molecule has 2 aromatic carbocycles. The molecule has 0 radical (unpaired) electrons. The first-order valence-electron chi connectivity index (χ1n) is 5.18. The molecule has 0 bridgehead atoms. The van der Waals surface area contributed by atoms with Crippen molar-refractivity contribution >= 4 is 19.0 Å². The Morgan fingerprint density at radius 1 is 1.18 bits per heavy atom. The van der Waals surface area contributed by atoms with Crippen molar-refractivity contribution in [1.82, 2.24) is 0 Å². The smallest absolute Gasteiger partial charge is 0.229 e. The Balaban J connectivity index is 2.23. The number of hydrogen-bond acceptors (Lipinski definition) is 3. The minimum atomic E-state index is -2.16. The molecule has 4 heteroatoms. The summed E-state index contributed by atoms with van der Waals surface area (Å²) in [5.74, 6) is 0.563. The summed E-state index contributed by atoms with van der Waals surface area (Å²) in [7, 11) is -2.16. The third kappa shape index (κ3) is 2.90. The van der Waals surface area contributed by atoms with Crippen molar-refractivity contribution in [1.29, 1.82) is 0 Å². The molecule has 1 unspecified atom stereocenters. The summed E-state index contributed by atoms with van der Waals surface area (Å²) >= 11 is 0. The lowest BCUT2D eigenvalue weighted by molar-refractivity contribution is 0.318. The second-order valence-electron chi connectivity index (χ2n) is 3.38. The molecular weight excluding hydrogens is 235 g/mol. The van der Waals surface area contributed by atoms with Crippen LogP contribution in [-0.4, -0.2) is 6.61 Å². The first kappa shape index (κ1) is 11.8. The molecule has 0 aliphatic rings. The first-order valence-corrected chi connectivity index (χ1v) is 6.27. The molecule has 0 aliphatic carbocycles. The predicted octanol–water partition coefficient (Wildman–Crippen LogP) is 4.08. The van der Waals surface area contributed by atoms with Crippen molar-refractivity contribution in [3.05, 3.63) is 55.1 Å². The highest BCUT2D eigenvalue weighted by Crippen LogP contribution is 2.33. The fraction of sp³-hybridized carbons (Fsp3) is 0.0769. The summed E-state index contributed by atoms with van der Waals surface area (Å²) in [6.07, 6.45) is 1.53. The summed E-state index contributed by atoms with van der Waals surface area (Å²) in [5, 5.41) is 1.96. The maximum Gasteiger partial charge on any atom is 0.750 e. The van der Waals surface area contributed by atoms with E-state index in [2.05, 4.69) is 6.58 Å². The van der Waals surface area contributed by atoms with Gasteiger partial charge >= 0.3 is 8.25 Å². The SMILES string of the molecule is C=CCO[P+](=O)Oc1cccc2ccccc12. The van der Waals surface area contributed by atoms with Crippen molar-refractivity contribution in [3.8, 4) is 5.75 Å². The normalized spacial score (nSPS) is 11.2. The van der Waals surface area contributed by atoms with Gasteiger partial charge < -0.3 is 0 Å². The van der Waals surface area contributed by atoms with Crippen LogP contribution >= 0.6 is 8.25 Å². The lowest BCUT2D eigenvalue weighted by Gasteiger charge is -1.99. The van der Waals surface area contributed by atoms with Gasteiger partial charge in [-0.15, -0.1) is 11.1 Å². The van der Waals surface area contributed by atoms with Crippen LogP contribution in [0.5, 0.6) is 5.75 Å². The van der Waals surface area contributed by atoms with Crippen LogP contribution in [0.1, 0.15) is 0 Å². The topological polar surface area (TPSA) is 35.5 Å². The molecule has 0 amide bonds. The molecule has 0 fully saturated rings. The van der Waals surface area contributed by atoms with Crippen molar-refractivity contribution in [2.75, 3.05) is 6.61 Å². The van der Waals surface area contributed by atoms with Crippen LogP contribution in [-0.2, 0) is 9.09 Å². The minimum absolute atomic E-state index is 0.208. The number of benzene rings is 2. The van der Waals surface area contributed by atoms with Crippen LogP contribution in [0.3, 0.4) is 0 Å². The second kappa shape index (κ2) is 5.58. The van der Waals surface area contributed by atoms with Gasteiger partial charge in [-0.3, -0.25) is 0 Å². The molecule has 0 N–H and O–H groups in total. The van der Waals surface area contributed by atoms with Crippen LogP contribution in [0.4, 0.5) is 0 Å². The summed E-state index contributed by atoms with van der Waals surface area (Å²) < 4.78 is 21.7. The molecule has 86 valence electrons. The van der Waals surface area contributed by atoms with Gasteiger partial charge in [-0.1, -0.05) is 42.5 Å². The Hall–Kier alpha value is -1.70. The third-order valence-corrected chi connectivity index (χ3v) is 2.93. The van der Waals surface area contributed by atoms with E-state index in [1.165, 1.54) is 6.08 Å². The zero-order valence-corrected chi connectivity index (χ0v) is 10.1. The van der Waals surface area contributed by atoms with Gasteiger partial charge in [0.2, 0.25) is 0 Å².